The Bertz CT molecular complexity index is 798. The molecule has 3 rings (SSSR count). The van der Waals surface area contributed by atoms with E-state index in [0.717, 1.165) is 22.0 Å². The second-order valence-electron chi connectivity index (χ2n) is 6.05. The molecule has 0 radical (unpaired) electrons. The molecular formula is C18H19Cl2N2O3+. The van der Waals surface area contributed by atoms with Crippen molar-refractivity contribution in [1.82, 2.24) is 0 Å². The number of likely N-dealkylation sites (N-methyl/N-ethyl adjacent to an activating group) is 1. The Morgan fingerprint density at radius 3 is 2.72 bits per heavy atom. The van der Waals surface area contributed by atoms with Crippen molar-refractivity contribution in [1.29, 1.82) is 0 Å². The SMILES string of the molecule is C[C@@H](C(=O)Nc1ccc(Cl)cc1Cl)[NH+](C)Cc1ccc2c(c1)OCO2. The van der Waals surface area contributed by atoms with Gasteiger partial charge in [-0.05, 0) is 43.3 Å². The standard InChI is InChI=1S/C18H18Cl2N2O3/c1-11(18(23)21-15-5-4-13(19)8-14(15)20)22(2)9-12-3-6-16-17(7-12)25-10-24-16/h3-8,11H,9-10H2,1-2H3,(H,21,23)/p+1/t11-/m0/s1. The van der Waals surface area contributed by atoms with Crippen LogP contribution in [0.1, 0.15) is 12.5 Å². The van der Waals surface area contributed by atoms with Crippen molar-refractivity contribution in [3.63, 3.8) is 0 Å². The maximum Gasteiger partial charge on any atom is 0.282 e. The third-order valence-corrected chi connectivity index (χ3v) is 4.79. The number of benzene rings is 2. The molecule has 2 aromatic rings. The molecule has 0 bridgehead atoms. The minimum Gasteiger partial charge on any atom is -0.454 e. The predicted molar refractivity (Wildman–Crippen MR) is 97.7 cm³/mol. The number of amides is 1. The number of fused-ring (bicyclic) bond motifs is 1. The summed E-state index contributed by atoms with van der Waals surface area (Å²) in [6.45, 7) is 2.81. The Hall–Kier alpha value is -1.95. The van der Waals surface area contributed by atoms with E-state index in [4.69, 9.17) is 32.7 Å². The maximum atomic E-state index is 12.5. The van der Waals surface area contributed by atoms with Crippen LogP contribution in [0, 0.1) is 0 Å². The summed E-state index contributed by atoms with van der Waals surface area (Å²) in [5.41, 5.74) is 1.63. The van der Waals surface area contributed by atoms with Crippen molar-refractivity contribution in [3.8, 4) is 11.5 Å². The molecule has 1 heterocycles. The van der Waals surface area contributed by atoms with Crippen LogP contribution in [-0.4, -0.2) is 25.8 Å². The molecule has 2 atom stereocenters. The van der Waals surface area contributed by atoms with E-state index in [9.17, 15) is 4.79 Å². The van der Waals surface area contributed by atoms with Gasteiger partial charge in [0.05, 0.1) is 17.8 Å². The zero-order valence-electron chi connectivity index (χ0n) is 13.9. The van der Waals surface area contributed by atoms with Gasteiger partial charge < -0.3 is 19.7 Å². The largest absolute Gasteiger partial charge is 0.454 e. The average molecular weight is 382 g/mol. The Labute approximate surface area is 156 Å². The van der Waals surface area contributed by atoms with Gasteiger partial charge in [0.25, 0.3) is 5.91 Å². The van der Waals surface area contributed by atoms with Gasteiger partial charge in [-0.15, -0.1) is 0 Å². The highest BCUT2D eigenvalue weighted by Gasteiger charge is 2.23. The van der Waals surface area contributed by atoms with Gasteiger partial charge in [0.1, 0.15) is 6.54 Å². The molecule has 132 valence electrons. The zero-order chi connectivity index (χ0) is 18.0. The smallest absolute Gasteiger partial charge is 0.282 e. The number of ether oxygens (including phenoxy) is 2. The topological polar surface area (TPSA) is 52.0 Å². The van der Waals surface area contributed by atoms with Crippen LogP contribution in [0.15, 0.2) is 36.4 Å². The molecule has 0 aromatic heterocycles. The number of quaternary nitrogens is 1. The number of hydrogen-bond donors (Lipinski definition) is 2. The zero-order valence-corrected chi connectivity index (χ0v) is 15.4. The van der Waals surface area contributed by atoms with Crippen LogP contribution < -0.4 is 19.7 Å². The van der Waals surface area contributed by atoms with Gasteiger partial charge in [0, 0.05) is 10.6 Å². The van der Waals surface area contributed by atoms with Crippen LogP contribution in [0.2, 0.25) is 10.0 Å². The number of halogens is 2. The van der Waals surface area contributed by atoms with Gasteiger partial charge in [-0.25, -0.2) is 0 Å². The highest BCUT2D eigenvalue weighted by Crippen LogP contribution is 2.32. The molecule has 0 saturated carbocycles. The number of anilines is 1. The van der Waals surface area contributed by atoms with Crippen LogP contribution in [-0.2, 0) is 11.3 Å². The molecule has 0 fully saturated rings. The van der Waals surface area contributed by atoms with Gasteiger partial charge in [0.15, 0.2) is 17.5 Å². The second kappa shape index (κ2) is 7.52. The quantitative estimate of drug-likeness (QED) is 0.836. The fourth-order valence-electron chi connectivity index (χ4n) is 2.58. The molecule has 1 unspecified atom stereocenters. The van der Waals surface area contributed by atoms with Crippen molar-refractivity contribution in [2.75, 3.05) is 19.2 Å². The van der Waals surface area contributed by atoms with Crippen LogP contribution in [0.5, 0.6) is 11.5 Å². The molecule has 7 heteroatoms. The summed E-state index contributed by atoms with van der Waals surface area (Å²) in [5.74, 6) is 1.39. The fraction of sp³-hybridized carbons (Fsp3) is 0.278. The summed E-state index contributed by atoms with van der Waals surface area (Å²) in [7, 11) is 1.97. The van der Waals surface area contributed by atoms with E-state index in [-0.39, 0.29) is 18.7 Å². The van der Waals surface area contributed by atoms with Crippen LogP contribution in [0.4, 0.5) is 5.69 Å². The minimum absolute atomic E-state index is 0.109. The number of carbonyl (C=O) groups excluding carboxylic acids is 1. The summed E-state index contributed by atoms with van der Waals surface area (Å²) in [6.07, 6.45) is 0. The van der Waals surface area contributed by atoms with Crippen molar-refractivity contribution in [2.24, 2.45) is 0 Å². The normalized spacial score (nSPS) is 14.9. The number of carbonyl (C=O) groups is 1. The third-order valence-electron chi connectivity index (χ3n) is 4.24. The van der Waals surface area contributed by atoms with Crippen molar-refractivity contribution >= 4 is 34.8 Å². The van der Waals surface area contributed by atoms with E-state index in [0.29, 0.717) is 22.3 Å². The first kappa shape index (κ1) is 17.9. The first-order chi connectivity index (χ1) is 11.9. The van der Waals surface area contributed by atoms with Crippen molar-refractivity contribution in [3.05, 3.63) is 52.0 Å². The fourth-order valence-corrected chi connectivity index (χ4v) is 3.04. The molecule has 0 aliphatic carbocycles. The first-order valence-electron chi connectivity index (χ1n) is 7.91. The Morgan fingerprint density at radius 2 is 1.96 bits per heavy atom. The third kappa shape index (κ3) is 4.18. The van der Waals surface area contributed by atoms with Gasteiger partial charge in [-0.3, -0.25) is 4.79 Å². The van der Waals surface area contributed by atoms with Gasteiger partial charge in [0.2, 0.25) is 6.79 Å². The molecule has 1 aliphatic heterocycles. The molecule has 2 N–H and O–H groups in total. The van der Waals surface area contributed by atoms with Crippen molar-refractivity contribution < 1.29 is 19.2 Å². The monoisotopic (exact) mass is 381 g/mol. The van der Waals surface area contributed by atoms with Crippen LogP contribution >= 0.6 is 23.2 Å². The molecule has 5 nitrogen and oxygen atoms in total. The van der Waals surface area contributed by atoms with Crippen molar-refractivity contribution in [2.45, 2.75) is 19.5 Å². The molecular weight excluding hydrogens is 363 g/mol. The van der Waals surface area contributed by atoms with Crippen LogP contribution in [0.25, 0.3) is 0 Å². The summed E-state index contributed by atoms with van der Waals surface area (Å²) >= 11 is 12.0. The van der Waals surface area contributed by atoms with Gasteiger partial charge in [-0.2, -0.15) is 0 Å². The van der Waals surface area contributed by atoms with Gasteiger partial charge in [-0.1, -0.05) is 23.2 Å². The summed E-state index contributed by atoms with van der Waals surface area (Å²) in [5, 5.41) is 3.80. The van der Waals surface area contributed by atoms with Gasteiger partial charge >= 0.3 is 0 Å². The Morgan fingerprint density at radius 1 is 1.20 bits per heavy atom. The van der Waals surface area contributed by atoms with Crippen LogP contribution in [0.3, 0.4) is 0 Å². The molecule has 1 amide bonds. The van der Waals surface area contributed by atoms with E-state index < -0.39 is 0 Å². The summed E-state index contributed by atoms with van der Waals surface area (Å²) < 4.78 is 10.7. The van der Waals surface area contributed by atoms with E-state index in [1.165, 1.54) is 0 Å². The minimum atomic E-state index is -0.267. The Kier molecular flexibility index (Phi) is 5.37. The molecule has 0 spiro atoms. The first-order valence-corrected chi connectivity index (χ1v) is 8.66. The summed E-state index contributed by atoms with van der Waals surface area (Å²) in [4.78, 5) is 13.5. The second-order valence-corrected chi connectivity index (χ2v) is 6.89. The summed E-state index contributed by atoms with van der Waals surface area (Å²) in [6, 6.07) is 10.6. The highest BCUT2D eigenvalue weighted by molar-refractivity contribution is 6.36. The van der Waals surface area contributed by atoms with E-state index >= 15 is 0 Å². The number of hydrogen-bond acceptors (Lipinski definition) is 3. The van der Waals surface area contributed by atoms with E-state index in [1.54, 1.807) is 18.2 Å². The Balaban J connectivity index is 1.63. The lowest BCUT2D eigenvalue weighted by atomic mass is 10.1. The molecule has 0 saturated heterocycles. The molecule has 2 aromatic carbocycles. The number of rotatable bonds is 5. The van der Waals surface area contributed by atoms with E-state index in [1.807, 2.05) is 32.2 Å². The lowest BCUT2D eigenvalue weighted by molar-refractivity contribution is -0.907. The maximum absolute atomic E-state index is 12.5. The molecule has 1 aliphatic rings. The van der Waals surface area contributed by atoms with E-state index in [2.05, 4.69) is 5.32 Å². The lowest BCUT2D eigenvalue weighted by Gasteiger charge is -2.21. The number of nitrogens with one attached hydrogen (secondary N) is 2. The average Bonchev–Trinajstić information content (AvgIpc) is 3.04. The highest BCUT2D eigenvalue weighted by atomic mass is 35.5. The molecule has 25 heavy (non-hydrogen) atoms. The lowest BCUT2D eigenvalue weighted by Crippen LogP contribution is -3.12. The predicted octanol–water partition coefficient (Wildman–Crippen LogP) is 2.76.